The monoisotopic (exact) mass is 518 g/mol. The molecule has 2 rings (SSSR count). The number of likely N-dealkylation sites (tertiary alicyclic amines) is 1. The zero-order chi connectivity index (χ0) is 20.4. The number of hydrogen-bond donors (Lipinski definition) is 1. The van der Waals surface area contributed by atoms with Gasteiger partial charge in [0.2, 0.25) is 0 Å². The molecule has 1 unspecified atom stereocenters. The van der Waals surface area contributed by atoms with Crippen LogP contribution in [0.15, 0.2) is 23.2 Å². The number of aryl methyl sites for hydroxylation is 1. The normalized spacial score (nSPS) is 16.7. The average Bonchev–Trinajstić information content (AvgIpc) is 3.19. The van der Waals surface area contributed by atoms with Gasteiger partial charge in [-0.3, -0.25) is 9.89 Å². The highest BCUT2D eigenvalue weighted by molar-refractivity contribution is 14.0. The lowest BCUT2D eigenvalue weighted by Crippen LogP contribution is -2.43. The van der Waals surface area contributed by atoms with Crippen molar-refractivity contribution in [3.8, 4) is 11.5 Å². The van der Waals surface area contributed by atoms with Gasteiger partial charge < -0.3 is 19.7 Å². The van der Waals surface area contributed by atoms with Gasteiger partial charge in [0.1, 0.15) is 0 Å². The summed E-state index contributed by atoms with van der Waals surface area (Å²) >= 11 is 0. The highest BCUT2D eigenvalue weighted by atomic mass is 127. The van der Waals surface area contributed by atoms with Crippen LogP contribution in [0.3, 0.4) is 0 Å². The largest absolute Gasteiger partial charge is 0.493 e. The van der Waals surface area contributed by atoms with Crippen LogP contribution in [-0.4, -0.2) is 75.3 Å². The number of likely N-dealkylation sites (N-methyl/N-ethyl adjacent to an activating group) is 1. The van der Waals surface area contributed by atoms with Gasteiger partial charge in [-0.25, -0.2) is 0 Å². The van der Waals surface area contributed by atoms with E-state index in [2.05, 4.69) is 46.1 Å². The number of rotatable bonds is 10. The van der Waals surface area contributed by atoms with Crippen LogP contribution in [0, 0.1) is 0 Å². The number of methoxy groups -OCH3 is 1. The Morgan fingerprint density at radius 3 is 2.62 bits per heavy atom. The molecule has 0 aliphatic carbocycles. The predicted molar refractivity (Wildman–Crippen MR) is 132 cm³/mol. The molecule has 0 bridgehead atoms. The molecule has 0 aromatic heterocycles. The van der Waals surface area contributed by atoms with Gasteiger partial charge in [-0.1, -0.05) is 19.9 Å². The molecule has 7 heteroatoms. The summed E-state index contributed by atoms with van der Waals surface area (Å²) in [6, 6.07) is 6.84. The first-order valence-electron chi connectivity index (χ1n) is 10.7. The van der Waals surface area contributed by atoms with E-state index >= 15 is 0 Å². The quantitative estimate of drug-likeness (QED) is 0.222. The summed E-state index contributed by atoms with van der Waals surface area (Å²) in [5.74, 6) is 2.64. The first-order valence-corrected chi connectivity index (χ1v) is 10.7. The summed E-state index contributed by atoms with van der Waals surface area (Å²) in [6.07, 6.45) is 3.26. The molecule has 1 aliphatic heterocycles. The molecule has 0 amide bonds. The minimum Gasteiger partial charge on any atom is -0.493 e. The number of hydrogen-bond acceptors (Lipinski definition) is 4. The van der Waals surface area contributed by atoms with Crippen molar-refractivity contribution in [3.63, 3.8) is 0 Å². The van der Waals surface area contributed by atoms with E-state index in [1.54, 1.807) is 7.11 Å². The second-order valence-electron chi connectivity index (χ2n) is 7.11. The van der Waals surface area contributed by atoms with Gasteiger partial charge in [0.15, 0.2) is 17.5 Å². The van der Waals surface area contributed by atoms with Crippen LogP contribution in [0.4, 0.5) is 0 Å². The predicted octanol–water partition coefficient (Wildman–Crippen LogP) is 3.64. The van der Waals surface area contributed by atoms with Gasteiger partial charge in [0.05, 0.1) is 13.7 Å². The van der Waals surface area contributed by atoms with Gasteiger partial charge in [-0.2, -0.15) is 0 Å². The molecule has 1 fully saturated rings. The number of nitrogens with zero attached hydrogens (tertiary/aromatic N) is 3. The standard InChI is InChI=1S/C22H38N4O2.HI/c1-6-25(7-2)19-13-15-26(17-19)22(23-4)24-14-9-10-18-11-12-20(27-5)21(16-18)28-8-3;/h11-12,16,19H,6-10,13-15,17H2,1-5H3,(H,23,24);1H. The Hall–Kier alpha value is -1.22. The molecular weight excluding hydrogens is 479 g/mol. The molecule has 1 N–H and O–H groups in total. The summed E-state index contributed by atoms with van der Waals surface area (Å²) in [7, 11) is 3.56. The lowest BCUT2D eigenvalue weighted by Gasteiger charge is -2.27. The lowest BCUT2D eigenvalue weighted by atomic mass is 10.1. The van der Waals surface area contributed by atoms with E-state index in [0.29, 0.717) is 12.6 Å². The third kappa shape index (κ3) is 7.51. The molecule has 1 aromatic rings. The van der Waals surface area contributed by atoms with Gasteiger partial charge in [0, 0.05) is 32.7 Å². The zero-order valence-corrected chi connectivity index (χ0v) is 21.1. The van der Waals surface area contributed by atoms with E-state index < -0.39 is 0 Å². The summed E-state index contributed by atoms with van der Waals surface area (Å²) in [6.45, 7) is 12.4. The van der Waals surface area contributed by atoms with Gasteiger partial charge in [-0.15, -0.1) is 24.0 Å². The lowest BCUT2D eigenvalue weighted by molar-refractivity contribution is 0.223. The van der Waals surface area contributed by atoms with E-state index in [1.807, 2.05) is 20.0 Å². The summed E-state index contributed by atoms with van der Waals surface area (Å²) in [5, 5.41) is 3.54. The molecule has 29 heavy (non-hydrogen) atoms. The second kappa shape index (κ2) is 13.9. The second-order valence-corrected chi connectivity index (χ2v) is 7.11. The van der Waals surface area contributed by atoms with Crippen LogP contribution in [0.1, 0.15) is 39.2 Å². The first kappa shape index (κ1) is 25.8. The van der Waals surface area contributed by atoms with Crippen molar-refractivity contribution in [3.05, 3.63) is 23.8 Å². The SMILES string of the molecule is CCOc1cc(CCCNC(=NC)N2CCC(N(CC)CC)C2)ccc1OC.I. The van der Waals surface area contributed by atoms with Crippen molar-refractivity contribution in [2.45, 2.75) is 46.1 Å². The topological polar surface area (TPSA) is 49.3 Å². The van der Waals surface area contributed by atoms with Crippen LogP contribution >= 0.6 is 24.0 Å². The molecule has 6 nitrogen and oxygen atoms in total. The maximum atomic E-state index is 5.68. The fourth-order valence-corrected chi connectivity index (χ4v) is 3.94. The molecular formula is C22H39IN4O2. The third-order valence-corrected chi connectivity index (χ3v) is 5.46. The van der Waals surface area contributed by atoms with Crippen LogP contribution in [0.25, 0.3) is 0 Å². The Balaban J connectivity index is 0.00000420. The molecule has 1 saturated heterocycles. The molecule has 1 atom stereocenters. The van der Waals surface area contributed by atoms with E-state index in [-0.39, 0.29) is 24.0 Å². The third-order valence-electron chi connectivity index (χ3n) is 5.46. The smallest absolute Gasteiger partial charge is 0.193 e. The summed E-state index contributed by atoms with van der Waals surface area (Å²) in [4.78, 5) is 9.44. The maximum Gasteiger partial charge on any atom is 0.193 e. The Morgan fingerprint density at radius 1 is 1.24 bits per heavy atom. The van der Waals surface area contributed by atoms with Gasteiger partial charge in [0.25, 0.3) is 0 Å². The molecule has 0 radical (unpaired) electrons. The van der Waals surface area contributed by atoms with Crippen molar-refractivity contribution in [2.24, 2.45) is 4.99 Å². The van der Waals surface area contributed by atoms with E-state index in [1.165, 1.54) is 12.0 Å². The number of halogens is 1. The Morgan fingerprint density at radius 2 is 2.00 bits per heavy atom. The molecule has 1 heterocycles. The van der Waals surface area contributed by atoms with Crippen molar-refractivity contribution in [1.29, 1.82) is 0 Å². The fourth-order valence-electron chi connectivity index (χ4n) is 3.94. The van der Waals surface area contributed by atoms with E-state index in [4.69, 9.17) is 9.47 Å². The molecule has 1 aromatic carbocycles. The summed E-state index contributed by atoms with van der Waals surface area (Å²) < 4.78 is 11.0. The maximum absolute atomic E-state index is 5.68. The Kier molecular flexibility index (Phi) is 12.4. The molecule has 0 spiro atoms. The number of guanidine groups is 1. The van der Waals surface area contributed by atoms with Gasteiger partial charge in [-0.05, 0) is 57.0 Å². The average molecular weight is 518 g/mol. The van der Waals surface area contributed by atoms with Crippen molar-refractivity contribution in [1.82, 2.24) is 15.1 Å². The number of nitrogens with one attached hydrogen (secondary N) is 1. The minimum absolute atomic E-state index is 0. The Labute approximate surface area is 194 Å². The van der Waals surface area contributed by atoms with E-state index in [9.17, 15) is 0 Å². The zero-order valence-electron chi connectivity index (χ0n) is 18.7. The highest BCUT2D eigenvalue weighted by Gasteiger charge is 2.27. The number of aliphatic imine (C=N–C) groups is 1. The fraction of sp³-hybridized carbons (Fsp3) is 0.682. The number of ether oxygens (including phenoxy) is 2. The Bertz CT molecular complexity index is 623. The van der Waals surface area contributed by atoms with Crippen LogP contribution in [0.5, 0.6) is 11.5 Å². The minimum atomic E-state index is 0. The van der Waals surface area contributed by atoms with Gasteiger partial charge >= 0.3 is 0 Å². The van der Waals surface area contributed by atoms with Crippen molar-refractivity contribution >= 4 is 29.9 Å². The molecule has 166 valence electrons. The first-order chi connectivity index (χ1) is 13.7. The molecule has 1 aliphatic rings. The van der Waals surface area contributed by atoms with Crippen LogP contribution in [-0.2, 0) is 6.42 Å². The van der Waals surface area contributed by atoms with Crippen LogP contribution < -0.4 is 14.8 Å². The van der Waals surface area contributed by atoms with E-state index in [0.717, 1.165) is 63.0 Å². The van der Waals surface area contributed by atoms with Crippen LogP contribution in [0.2, 0.25) is 0 Å². The number of benzene rings is 1. The van der Waals surface area contributed by atoms with Crippen molar-refractivity contribution in [2.75, 3.05) is 53.5 Å². The highest BCUT2D eigenvalue weighted by Crippen LogP contribution is 2.28. The molecule has 0 saturated carbocycles. The van der Waals surface area contributed by atoms with Crippen molar-refractivity contribution < 1.29 is 9.47 Å². The summed E-state index contributed by atoms with van der Waals surface area (Å²) in [5.41, 5.74) is 1.27.